The van der Waals surface area contributed by atoms with Gasteiger partial charge in [-0.25, -0.2) is 24.9 Å². The molecule has 5 nitrogen and oxygen atoms in total. The highest BCUT2D eigenvalue weighted by molar-refractivity contribution is 5.78. The smallest absolute Gasteiger partial charge is 0.200 e. The number of hydrogen-bond donors (Lipinski definition) is 0. The van der Waals surface area contributed by atoms with Crippen molar-refractivity contribution in [3.8, 4) is 11.6 Å². The average molecular weight is 209 g/mol. The van der Waals surface area contributed by atoms with E-state index in [2.05, 4.69) is 24.9 Å². The molecule has 0 saturated heterocycles. The van der Waals surface area contributed by atoms with Crippen LogP contribution in [0.1, 0.15) is 0 Å². The summed E-state index contributed by atoms with van der Waals surface area (Å²) < 4.78 is 0. The average Bonchev–Trinajstić information content (AvgIpc) is 2.39. The molecule has 0 atom stereocenters. The summed E-state index contributed by atoms with van der Waals surface area (Å²) in [5, 5.41) is 1.00. The van der Waals surface area contributed by atoms with Crippen LogP contribution in [-0.4, -0.2) is 24.9 Å². The van der Waals surface area contributed by atoms with E-state index in [0.29, 0.717) is 11.6 Å². The lowest BCUT2D eigenvalue weighted by molar-refractivity contribution is 1.02. The number of fused-ring (bicyclic) bond motifs is 1. The quantitative estimate of drug-likeness (QED) is 0.607. The molecule has 0 bridgehead atoms. The first-order valence-electron chi connectivity index (χ1n) is 4.78. The Kier molecular flexibility index (Phi) is 2.00. The highest BCUT2D eigenvalue weighted by atomic mass is 15.0. The van der Waals surface area contributed by atoms with Gasteiger partial charge in [0.15, 0.2) is 5.82 Å². The van der Waals surface area contributed by atoms with Gasteiger partial charge in [-0.15, -0.1) is 0 Å². The van der Waals surface area contributed by atoms with E-state index in [0.717, 1.165) is 10.9 Å². The third kappa shape index (κ3) is 1.48. The Morgan fingerprint density at radius 2 is 1.62 bits per heavy atom. The number of aromatic nitrogens is 5. The minimum Gasteiger partial charge on any atom is -0.233 e. The fourth-order valence-corrected chi connectivity index (χ4v) is 1.43. The van der Waals surface area contributed by atoms with Gasteiger partial charge in [-0.3, -0.25) is 0 Å². The molecule has 0 saturated carbocycles. The molecule has 0 radical (unpaired) electrons. The molecular weight excluding hydrogens is 202 g/mol. The maximum Gasteiger partial charge on any atom is 0.200 e. The molecule has 16 heavy (non-hydrogen) atoms. The standard InChI is InChI=1S/C11H7N5/c1-2-4-9-8(3-1)5-13-11(16-9)10-14-6-12-7-15-10/h1-7H. The van der Waals surface area contributed by atoms with E-state index in [1.165, 1.54) is 12.7 Å². The van der Waals surface area contributed by atoms with E-state index >= 15 is 0 Å². The van der Waals surface area contributed by atoms with Crippen LogP contribution in [0, 0.1) is 0 Å². The second kappa shape index (κ2) is 3.62. The monoisotopic (exact) mass is 209 g/mol. The van der Waals surface area contributed by atoms with E-state index in [9.17, 15) is 0 Å². The molecule has 76 valence electrons. The summed E-state index contributed by atoms with van der Waals surface area (Å²) in [5.41, 5.74) is 0.882. The molecule has 0 unspecified atom stereocenters. The summed E-state index contributed by atoms with van der Waals surface area (Å²) in [7, 11) is 0. The summed E-state index contributed by atoms with van der Waals surface area (Å²) in [6, 6.07) is 7.79. The molecule has 0 fully saturated rings. The van der Waals surface area contributed by atoms with Crippen LogP contribution in [0.15, 0.2) is 43.1 Å². The van der Waals surface area contributed by atoms with Crippen molar-refractivity contribution in [2.45, 2.75) is 0 Å². The lowest BCUT2D eigenvalue weighted by atomic mass is 10.2. The van der Waals surface area contributed by atoms with Gasteiger partial charge in [0.1, 0.15) is 12.7 Å². The zero-order valence-corrected chi connectivity index (χ0v) is 8.28. The number of para-hydroxylation sites is 1. The molecule has 1 aromatic carbocycles. The molecule has 0 N–H and O–H groups in total. The van der Waals surface area contributed by atoms with Gasteiger partial charge in [0.05, 0.1) is 5.52 Å². The molecule has 0 aliphatic rings. The molecular formula is C11H7N5. The Balaban J connectivity index is 2.19. The Morgan fingerprint density at radius 1 is 0.812 bits per heavy atom. The van der Waals surface area contributed by atoms with E-state index in [1.807, 2.05) is 24.3 Å². The number of benzene rings is 1. The van der Waals surface area contributed by atoms with Crippen LogP contribution in [0.25, 0.3) is 22.6 Å². The van der Waals surface area contributed by atoms with Crippen molar-refractivity contribution >= 4 is 10.9 Å². The van der Waals surface area contributed by atoms with E-state index in [1.54, 1.807) is 6.20 Å². The molecule has 0 aliphatic heterocycles. The maximum absolute atomic E-state index is 4.38. The Hall–Kier alpha value is -2.43. The van der Waals surface area contributed by atoms with Crippen LogP contribution >= 0.6 is 0 Å². The highest BCUT2D eigenvalue weighted by Gasteiger charge is 2.04. The SMILES string of the molecule is c1ccc2nc(-c3ncncn3)ncc2c1. The first-order chi connectivity index (χ1) is 7.93. The second-order valence-corrected chi connectivity index (χ2v) is 3.21. The Labute approximate surface area is 91.3 Å². The van der Waals surface area contributed by atoms with Crippen molar-refractivity contribution in [3.05, 3.63) is 43.1 Å². The van der Waals surface area contributed by atoms with Crippen molar-refractivity contribution in [1.29, 1.82) is 0 Å². The number of hydrogen-bond acceptors (Lipinski definition) is 5. The lowest BCUT2D eigenvalue weighted by Gasteiger charge is -1.99. The molecule has 3 rings (SSSR count). The van der Waals surface area contributed by atoms with E-state index < -0.39 is 0 Å². The van der Waals surface area contributed by atoms with Crippen molar-refractivity contribution in [1.82, 2.24) is 24.9 Å². The molecule has 5 heteroatoms. The Bertz CT molecular complexity index is 623. The van der Waals surface area contributed by atoms with Crippen LogP contribution in [0.2, 0.25) is 0 Å². The van der Waals surface area contributed by atoms with Gasteiger partial charge < -0.3 is 0 Å². The number of rotatable bonds is 1. The van der Waals surface area contributed by atoms with Gasteiger partial charge in [0.25, 0.3) is 0 Å². The summed E-state index contributed by atoms with van der Waals surface area (Å²) in [6.45, 7) is 0. The predicted octanol–water partition coefficient (Wildman–Crippen LogP) is 1.48. The van der Waals surface area contributed by atoms with Gasteiger partial charge in [-0.2, -0.15) is 0 Å². The molecule has 2 heterocycles. The topological polar surface area (TPSA) is 64.5 Å². The van der Waals surface area contributed by atoms with Crippen LogP contribution in [0.5, 0.6) is 0 Å². The molecule has 0 spiro atoms. The summed E-state index contributed by atoms with van der Waals surface area (Å²) in [5.74, 6) is 1.00. The minimum absolute atomic E-state index is 0.487. The van der Waals surface area contributed by atoms with Crippen molar-refractivity contribution in [2.24, 2.45) is 0 Å². The van der Waals surface area contributed by atoms with Gasteiger partial charge >= 0.3 is 0 Å². The van der Waals surface area contributed by atoms with E-state index in [-0.39, 0.29) is 0 Å². The third-order valence-electron chi connectivity index (χ3n) is 2.18. The maximum atomic E-state index is 4.38. The molecule has 0 amide bonds. The van der Waals surface area contributed by atoms with Crippen LogP contribution in [0.3, 0.4) is 0 Å². The summed E-state index contributed by atoms with van der Waals surface area (Å²) in [4.78, 5) is 20.4. The van der Waals surface area contributed by atoms with Crippen molar-refractivity contribution < 1.29 is 0 Å². The van der Waals surface area contributed by atoms with E-state index in [4.69, 9.17) is 0 Å². The number of nitrogens with zero attached hydrogens (tertiary/aromatic N) is 5. The second-order valence-electron chi connectivity index (χ2n) is 3.21. The zero-order chi connectivity index (χ0) is 10.8. The van der Waals surface area contributed by atoms with Crippen LogP contribution in [0.4, 0.5) is 0 Å². The largest absolute Gasteiger partial charge is 0.233 e. The molecule has 0 aliphatic carbocycles. The summed E-state index contributed by atoms with van der Waals surface area (Å²) in [6.07, 6.45) is 4.63. The first-order valence-corrected chi connectivity index (χ1v) is 4.78. The van der Waals surface area contributed by atoms with Gasteiger partial charge in [-0.05, 0) is 6.07 Å². The van der Waals surface area contributed by atoms with Crippen LogP contribution < -0.4 is 0 Å². The van der Waals surface area contributed by atoms with Crippen molar-refractivity contribution in [3.63, 3.8) is 0 Å². The fraction of sp³-hybridized carbons (Fsp3) is 0. The van der Waals surface area contributed by atoms with Gasteiger partial charge in [-0.1, -0.05) is 18.2 Å². The summed E-state index contributed by atoms with van der Waals surface area (Å²) >= 11 is 0. The highest BCUT2D eigenvalue weighted by Crippen LogP contribution is 2.13. The normalized spacial score (nSPS) is 10.5. The predicted molar refractivity (Wildman–Crippen MR) is 58.4 cm³/mol. The lowest BCUT2D eigenvalue weighted by Crippen LogP contribution is -1.95. The third-order valence-corrected chi connectivity index (χ3v) is 2.18. The van der Waals surface area contributed by atoms with Crippen molar-refractivity contribution in [2.75, 3.05) is 0 Å². The minimum atomic E-state index is 0.487. The zero-order valence-electron chi connectivity index (χ0n) is 8.28. The molecule has 3 aromatic rings. The van der Waals surface area contributed by atoms with Crippen LogP contribution in [-0.2, 0) is 0 Å². The van der Waals surface area contributed by atoms with Gasteiger partial charge in [0.2, 0.25) is 5.82 Å². The van der Waals surface area contributed by atoms with Gasteiger partial charge in [0, 0.05) is 11.6 Å². The first kappa shape index (κ1) is 8.84. The Morgan fingerprint density at radius 3 is 2.50 bits per heavy atom. The molecule has 2 aromatic heterocycles. The fourth-order valence-electron chi connectivity index (χ4n) is 1.43.